The minimum atomic E-state index is -0.528. The van der Waals surface area contributed by atoms with Crippen LogP contribution < -0.4 is 4.90 Å². The van der Waals surface area contributed by atoms with E-state index in [4.69, 9.17) is 4.74 Å². The summed E-state index contributed by atoms with van der Waals surface area (Å²) in [5, 5.41) is 11.3. The number of fused-ring (bicyclic) bond motifs is 1. The number of aryl methyl sites for hydroxylation is 2. The zero-order valence-corrected chi connectivity index (χ0v) is 19.7. The number of hydrogen-bond donors (Lipinski definition) is 2. The molecule has 0 atom stereocenters. The van der Waals surface area contributed by atoms with Crippen molar-refractivity contribution in [3.8, 4) is 5.88 Å². The van der Waals surface area contributed by atoms with Crippen molar-refractivity contribution in [2.45, 2.75) is 40.2 Å². The Labute approximate surface area is 193 Å². The van der Waals surface area contributed by atoms with E-state index in [1.54, 1.807) is 11.1 Å². The molecule has 1 saturated heterocycles. The van der Waals surface area contributed by atoms with E-state index in [9.17, 15) is 9.90 Å². The normalized spacial score (nSPS) is 14.9. The first-order chi connectivity index (χ1) is 15.6. The van der Waals surface area contributed by atoms with E-state index >= 15 is 0 Å². The van der Waals surface area contributed by atoms with E-state index in [-0.39, 0.29) is 12.0 Å². The van der Waals surface area contributed by atoms with Crippen LogP contribution in [0.3, 0.4) is 0 Å². The Morgan fingerprint density at radius 3 is 2.55 bits per heavy atom. The molecule has 1 fully saturated rings. The third-order valence-corrected chi connectivity index (χ3v) is 5.65. The molecule has 1 aliphatic rings. The number of ether oxygens (including phenoxy) is 1. The lowest BCUT2D eigenvalue weighted by atomic mass is 10.1. The fourth-order valence-corrected chi connectivity index (χ4v) is 3.75. The second kappa shape index (κ2) is 8.73. The molecular weight excluding hydrogens is 420 g/mol. The first-order valence-electron chi connectivity index (χ1n) is 11.0. The molecule has 9 nitrogen and oxygen atoms in total. The number of nitrogens with zero attached hydrogens (tertiary/aromatic N) is 5. The predicted octanol–water partition coefficient (Wildman–Crippen LogP) is 4.09. The summed E-state index contributed by atoms with van der Waals surface area (Å²) in [6.45, 7) is 11.9. The molecule has 1 aliphatic heterocycles. The number of anilines is 1. The van der Waals surface area contributed by atoms with Gasteiger partial charge in [-0.15, -0.1) is 0 Å². The van der Waals surface area contributed by atoms with Crippen LogP contribution in [0, 0.1) is 13.8 Å². The lowest BCUT2D eigenvalue weighted by Crippen LogP contribution is -2.50. The van der Waals surface area contributed by atoms with Gasteiger partial charge in [0.2, 0.25) is 0 Å². The molecule has 174 valence electrons. The van der Waals surface area contributed by atoms with Crippen LogP contribution in [0.4, 0.5) is 16.3 Å². The number of aliphatic imine (C=N–C) groups is 1. The van der Waals surface area contributed by atoms with Crippen molar-refractivity contribution in [2.75, 3.05) is 31.1 Å². The summed E-state index contributed by atoms with van der Waals surface area (Å²) < 4.78 is 5.49. The maximum atomic E-state index is 12.4. The number of piperazine rings is 1. The first-order valence-corrected chi connectivity index (χ1v) is 11.0. The molecule has 0 aliphatic carbocycles. The molecule has 33 heavy (non-hydrogen) atoms. The Bertz CT molecular complexity index is 1200. The van der Waals surface area contributed by atoms with Gasteiger partial charge in [0.05, 0.1) is 16.6 Å². The van der Waals surface area contributed by atoms with Crippen LogP contribution in [0.2, 0.25) is 0 Å². The summed E-state index contributed by atoms with van der Waals surface area (Å²) in [4.78, 5) is 32.5. The third-order valence-electron chi connectivity index (χ3n) is 5.65. The predicted molar refractivity (Wildman–Crippen MR) is 129 cm³/mol. The van der Waals surface area contributed by atoms with Gasteiger partial charge in [-0.3, -0.25) is 4.99 Å². The van der Waals surface area contributed by atoms with Crippen molar-refractivity contribution in [3.05, 3.63) is 41.2 Å². The number of hydrogen-bond acceptors (Lipinski definition) is 7. The molecule has 3 heterocycles. The average molecular weight is 451 g/mol. The van der Waals surface area contributed by atoms with E-state index in [2.05, 4.69) is 31.8 Å². The van der Waals surface area contributed by atoms with Crippen LogP contribution in [0.25, 0.3) is 11.0 Å². The molecule has 0 unspecified atom stereocenters. The second-order valence-corrected chi connectivity index (χ2v) is 9.29. The van der Waals surface area contributed by atoms with Crippen LogP contribution in [0.1, 0.15) is 37.5 Å². The number of benzene rings is 1. The molecule has 0 bridgehead atoms. The lowest BCUT2D eigenvalue weighted by Gasteiger charge is -2.36. The summed E-state index contributed by atoms with van der Waals surface area (Å²) in [5.74, 6) is 0.689. The molecule has 9 heteroatoms. The van der Waals surface area contributed by atoms with E-state index in [1.165, 1.54) is 11.9 Å². The Balaban J connectivity index is 1.59. The molecule has 2 aromatic heterocycles. The maximum Gasteiger partial charge on any atom is 0.410 e. The number of carbonyl (C=O) groups is 1. The van der Waals surface area contributed by atoms with Gasteiger partial charge < -0.3 is 24.6 Å². The molecule has 1 aromatic carbocycles. The number of aromatic amines is 1. The lowest BCUT2D eigenvalue weighted by molar-refractivity contribution is 0.0240. The van der Waals surface area contributed by atoms with E-state index in [0.29, 0.717) is 48.6 Å². The highest BCUT2D eigenvalue weighted by molar-refractivity contribution is 6.06. The summed E-state index contributed by atoms with van der Waals surface area (Å²) in [6, 6.07) is 5.97. The first kappa shape index (κ1) is 22.6. The topological polar surface area (TPSA) is 107 Å². The van der Waals surface area contributed by atoms with Gasteiger partial charge in [0.25, 0.3) is 0 Å². The van der Waals surface area contributed by atoms with E-state index < -0.39 is 5.60 Å². The second-order valence-electron chi connectivity index (χ2n) is 9.29. The molecule has 3 aromatic rings. The molecule has 2 N–H and O–H groups in total. The highest BCUT2D eigenvalue weighted by Gasteiger charge is 2.28. The fourth-order valence-electron chi connectivity index (χ4n) is 3.75. The smallest absolute Gasteiger partial charge is 0.410 e. The highest BCUT2D eigenvalue weighted by atomic mass is 16.6. The van der Waals surface area contributed by atoms with Crippen molar-refractivity contribution >= 4 is 34.8 Å². The maximum absolute atomic E-state index is 12.4. The Morgan fingerprint density at radius 2 is 1.88 bits per heavy atom. The number of carbonyl (C=O) groups excluding carboxylic acids is 1. The zero-order chi connectivity index (χ0) is 23.8. The number of aromatic hydroxyl groups is 1. The van der Waals surface area contributed by atoms with Gasteiger partial charge in [-0.05, 0) is 57.9 Å². The molecule has 0 spiro atoms. The van der Waals surface area contributed by atoms with Gasteiger partial charge in [-0.1, -0.05) is 6.07 Å². The summed E-state index contributed by atoms with van der Waals surface area (Å²) in [5.41, 5.74) is 3.70. The van der Waals surface area contributed by atoms with Crippen LogP contribution in [-0.2, 0) is 4.74 Å². The third kappa shape index (κ3) is 4.92. The minimum Gasteiger partial charge on any atom is -0.494 e. The van der Waals surface area contributed by atoms with Gasteiger partial charge in [-0.25, -0.2) is 14.8 Å². The van der Waals surface area contributed by atoms with Gasteiger partial charge in [-0.2, -0.15) is 0 Å². The summed E-state index contributed by atoms with van der Waals surface area (Å²) >= 11 is 0. The largest absolute Gasteiger partial charge is 0.494 e. The standard InChI is InChI=1S/C24H30N6O3/c1-15-6-7-17(12-16(15)2)25-13-18-19-20(28-22(18)31)26-14-27-21(19)29-8-10-30(11-9-29)23(32)33-24(3,4)5/h6-7,12-14,31H,8-11H2,1-5H3,(H,26,27,28). The van der Waals surface area contributed by atoms with Crippen LogP contribution in [-0.4, -0.2) is 69.0 Å². The van der Waals surface area contributed by atoms with E-state index in [1.807, 2.05) is 45.9 Å². The van der Waals surface area contributed by atoms with Crippen LogP contribution in [0.15, 0.2) is 29.5 Å². The molecule has 0 saturated carbocycles. The SMILES string of the molecule is Cc1ccc(N=Cc2c(O)[nH]c3ncnc(N4CCN(C(=O)OC(C)(C)C)CC4)c23)cc1C. The average Bonchev–Trinajstić information content (AvgIpc) is 3.08. The zero-order valence-electron chi connectivity index (χ0n) is 19.7. The monoisotopic (exact) mass is 450 g/mol. The minimum absolute atomic E-state index is 0.00766. The van der Waals surface area contributed by atoms with E-state index in [0.717, 1.165) is 11.3 Å². The summed E-state index contributed by atoms with van der Waals surface area (Å²) in [6.07, 6.45) is 2.80. The Kier molecular flexibility index (Phi) is 5.97. The number of H-pyrrole nitrogens is 1. The summed E-state index contributed by atoms with van der Waals surface area (Å²) in [7, 11) is 0. The van der Waals surface area contributed by atoms with Crippen LogP contribution in [0.5, 0.6) is 5.88 Å². The van der Waals surface area contributed by atoms with Gasteiger partial charge in [0, 0.05) is 32.4 Å². The number of nitrogens with one attached hydrogen (secondary N) is 1. The van der Waals surface area contributed by atoms with Gasteiger partial charge >= 0.3 is 6.09 Å². The molecule has 4 rings (SSSR count). The number of rotatable bonds is 3. The quantitative estimate of drug-likeness (QED) is 0.582. The highest BCUT2D eigenvalue weighted by Crippen LogP contribution is 2.32. The Morgan fingerprint density at radius 1 is 1.15 bits per heavy atom. The van der Waals surface area contributed by atoms with Crippen molar-refractivity contribution in [1.29, 1.82) is 0 Å². The van der Waals surface area contributed by atoms with Crippen molar-refractivity contribution in [3.63, 3.8) is 0 Å². The van der Waals surface area contributed by atoms with Crippen LogP contribution >= 0.6 is 0 Å². The molecular formula is C24H30N6O3. The fraction of sp³-hybridized carbons (Fsp3) is 0.417. The van der Waals surface area contributed by atoms with Crippen molar-refractivity contribution in [2.24, 2.45) is 4.99 Å². The molecule has 1 amide bonds. The number of amides is 1. The van der Waals surface area contributed by atoms with Gasteiger partial charge in [0.15, 0.2) is 5.88 Å². The van der Waals surface area contributed by atoms with Crippen molar-refractivity contribution < 1.29 is 14.6 Å². The Hall–Kier alpha value is -3.62. The van der Waals surface area contributed by atoms with Crippen molar-refractivity contribution in [1.82, 2.24) is 19.9 Å². The molecule has 0 radical (unpaired) electrons. The number of aromatic nitrogens is 3. The van der Waals surface area contributed by atoms with Gasteiger partial charge in [0.1, 0.15) is 23.4 Å².